The van der Waals surface area contributed by atoms with Crippen LogP contribution in [0.25, 0.3) is 0 Å². The van der Waals surface area contributed by atoms with Crippen LogP contribution in [-0.4, -0.2) is 72.2 Å². The van der Waals surface area contributed by atoms with Crippen LogP contribution in [0.4, 0.5) is 5.95 Å². The highest BCUT2D eigenvalue weighted by Gasteiger charge is 2.51. The lowest BCUT2D eigenvalue weighted by Crippen LogP contribution is -2.65. The summed E-state index contributed by atoms with van der Waals surface area (Å²) >= 11 is 1.90. The molecule has 3 N–H and O–H groups in total. The van der Waals surface area contributed by atoms with Gasteiger partial charge < -0.3 is 20.7 Å². The van der Waals surface area contributed by atoms with Crippen LogP contribution >= 0.6 is 11.8 Å². The fraction of sp³-hybridized carbons (Fsp3) is 0.560. The van der Waals surface area contributed by atoms with Crippen LogP contribution in [0.15, 0.2) is 47.6 Å². The highest BCUT2D eigenvalue weighted by molar-refractivity contribution is 8.00. The van der Waals surface area contributed by atoms with Gasteiger partial charge in [-0.3, -0.25) is 4.90 Å². The first-order chi connectivity index (χ1) is 16.2. The van der Waals surface area contributed by atoms with Crippen molar-refractivity contribution in [3.63, 3.8) is 0 Å². The van der Waals surface area contributed by atoms with Crippen molar-refractivity contribution in [3.8, 4) is 0 Å². The van der Waals surface area contributed by atoms with E-state index < -0.39 is 0 Å². The minimum absolute atomic E-state index is 0.571. The van der Waals surface area contributed by atoms with E-state index in [0.717, 1.165) is 37.4 Å². The Morgan fingerprint density at radius 1 is 1.12 bits per heavy atom. The molecule has 2 heterocycles. The Hall–Kier alpha value is -2.00. The first kappa shape index (κ1) is 24.1. The molecule has 3 fully saturated rings. The van der Waals surface area contributed by atoms with Crippen molar-refractivity contribution in [2.45, 2.75) is 48.4 Å². The van der Waals surface area contributed by atoms with Gasteiger partial charge in [-0.15, -0.1) is 11.8 Å². The zero-order valence-electron chi connectivity index (χ0n) is 19.4. The Morgan fingerprint density at radius 2 is 1.82 bits per heavy atom. The summed E-state index contributed by atoms with van der Waals surface area (Å²) in [5.41, 5.74) is 7.84. The maximum atomic E-state index is 8.00. The van der Waals surface area contributed by atoms with Crippen LogP contribution in [0.3, 0.4) is 0 Å². The molecule has 0 atom stereocenters. The molecule has 1 aromatic carbocycles. The van der Waals surface area contributed by atoms with Gasteiger partial charge in [0.1, 0.15) is 6.79 Å². The number of likely N-dealkylation sites (tertiary alicyclic amines) is 1. The number of nitrogens with two attached hydrogens (primary N) is 1. The molecule has 5 rings (SSSR count). The van der Waals surface area contributed by atoms with E-state index >= 15 is 0 Å². The number of benzene rings is 1. The normalized spacial score (nSPS) is 19.3. The van der Waals surface area contributed by atoms with Gasteiger partial charge in [0.2, 0.25) is 5.95 Å². The average Bonchev–Trinajstić information content (AvgIpc) is 3.62. The lowest BCUT2D eigenvalue weighted by molar-refractivity contribution is -0.0980. The highest BCUT2D eigenvalue weighted by Crippen LogP contribution is 2.48. The summed E-state index contributed by atoms with van der Waals surface area (Å²) in [4.78, 5) is 23.2. The van der Waals surface area contributed by atoms with Gasteiger partial charge in [-0.25, -0.2) is 9.97 Å². The molecule has 0 bridgehead atoms. The smallest absolute Gasteiger partial charge is 0.225 e. The number of nitrogens with one attached hydrogen (secondary N) is 1. The number of hydrogen-bond donors (Lipinski definition) is 2. The molecule has 7 nitrogen and oxygen atoms in total. The number of carbonyl (C=O) groups excluding carboxylic acids is 1. The average molecular weight is 469 g/mol. The van der Waals surface area contributed by atoms with E-state index in [0.29, 0.717) is 18.0 Å². The molecule has 178 valence electrons. The molecule has 2 aliphatic carbocycles. The van der Waals surface area contributed by atoms with Gasteiger partial charge in [0.25, 0.3) is 0 Å². The predicted molar refractivity (Wildman–Crippen MR) is 134 cm³/mol. The van der Waals surface area contributed by atoms with E-state index in [2.05, 4.69) is 55.4 Å². The van der Waals surface area contributed by atoms with E-state index in [-0.39, 0.29) is 0 Å². The van der Waals surface area contributed by atoms with Gasteiger partial charge in [-0.1, -0.05) is 30.3 Å². The van der Waals surface area contributed by atoms with Gasteiger partial charge in [-0.2, -0.15) is 0 Å². The minimum atomic E-state index is 0.571. The van der Waals surface area contributed by atoms with E-state index in [4.69, 9.17) is 10.5 Å². The molecule has 1 spiro atoms. The third kappa shape index (κ3) is 6.53. The Kier molecular flexibility index (Phi) is 8.35. The number of anilines is 1. The van der Waals surface area contributed by atoms with Gasteiger partial charge in [0.05, 0.1) is 0 Å². The van der Waals surface area contributed by atoms with Crippen molar-refractivity contribution >= 4 is 24.5 Å². The van der Waals surface area contributed by atoms with Crippen molar-refractivity contribution in [1.82, 2.24) is 20.2 Å². The molecule has 0 unspecified atom stereocenters. The summed E-state index contributed by atoms with van der Waals surface area (Å²) in [6.07, 6.45) is 9.19. The summed E-state index contributed by atoms with van der Waals surface area (Å²) in [5, 5.41) is 4.53. The van der Waals surface area contributed by atoms with Crippen LogP contribution in [-0.2, 0) is 11.3 Å². The molecular weight excluding hydrogens is 432 g/mol. The van der Waals surface area contributed by atoms with Gasteiger partial charge in [0.15, 0.2) is 0 Å². The predicted octanol–water partition coefficient (Wildman–Crippen LogP) is 2.57. The molecule has 2 saturated carbocycles. The fourth-order valence-electron chi connectivity index (χ4n) is 5.03. The van der Waals surface area contributed by atoms with Gasteiger partial charge in [0, 0.05) is 74.4 Å². The standard InChI is InChI=1S/C24H34N6S.CH2O/c25-8-10-30(23-27-14-22(15-28-23)31-21-6-7-21)11-9-26-20-12-24(13-20)17-29(18-24)16-19-4-2-1-3-5-19;1-2/h1-5,14-15,20-21,26H,6-13,16-18,25H2;1H2. The quantitative estimate of drug-likeness (QED) is 0.520. The van der Waals surface area contributed by atoms with Crippen molar-refractivity contribution in [2.75, 3.05) is 44.2 Å². The summed E-state index contributed by atoms with van der Waals surface area (Å²) in [7, 11) is 0. The minimum Gasteiger partial charge on any atom is -0.338 e. The lowest BCUT2D eigenvalue weighted by Gasteiger charge is -2.59. The number of nitrogens with zero attached hydrogens (tertiary/aromatic N) is 4. The van der Waals surface area contributed by atoms with Crippen LogP contribution in [0.5, 0.6) is 0 Å². The molecule has 1 aromatic heterocycles. The number of carbonyl (C=O) groups is 1. The zero-order chi connectivity index (χ0) is 23.1. The second-order valence-corrected chi connectivity index (χ2v) is 10.9. The molecule has 0 radical (unpaired) electrons. The zero-order valence-corrected chi connectivity index (χ0v) is 20.2. The Labute approximate surface area is 201 Å². The molecule has 1 aliphatic heterocycles. The van der Waals surface area contributed by atoms with Crippen molar-refractivity contribution in [2.24, 2.45) is 11.1 Å². The summed E-state index contributed by atoms with van der Waals surface area (Å²) in [6.45, 7) is 8.85. The number of thioether (sulfide) groups is 1. The topological polar surface area (TPSA) is 87.4 Å². The summed E-state index contributed by atoms with van der Waals surface area (Å²) in [6, 6.07) is 11.5. The molecule has 0 amide bonds. The van der Waals surface area contributed by atoms with Gasteiger partial charge in [-0.05, 0) is 36.7 Å². The van der Waals surface area contributed by atoms with Crippen LogP contribution in [0.2, 0.25) is 0 Å². The van der Waals surface area contributed by atoms with Crippen molar-refractivity contribution in [1.29, 1.82) is 0 Å². The highest BCUT2D eigenvalue weighted by atomic mass is 32.2. The first-order valence-electron chi connectivity index (χ1n) is 11.9. The number of aromatic nitrogens is 2. The lowest BCUT2D eigenvalue weighted by atomic mass is 9.60. The van der Waals surface area contributed by atoms with E-state index in [9.17, 15) is 0 Å². The summed E-state index contributed by atoms with van der Waals surface area (Å²) < 4.78 is 0. The largest absolute Gasteiger partial charge is 0.338 e. The number of hydrogen-bond acceptors (Lipinski definition) is 8. The molecule has 1 saturated heterocycles. The Morgan fingerprint density at radius 3 is 2.45 bits per heavy atom. The molecule has 2 aromatic rings. The Bertz CT molecular complexity index is 849. The maximum Gasteiger partial charge on any atom is 0.225 e. The van der Waals surface area contributed by atoms with Crippen LogP contribution in [0.1, 0.15) is 31.2 Å². The molecule has 8 heteroatoms. The monoisotopic (exact) mass is 468 g/mol. The molecule has 33 heavy (non-hydrogen) atoms. The fourth-order valence-corrected chi connectivity index (χ4v) is 6.01. The Balaban J connectivity index is 0.00000126. The SMILES string of the molecule is C=O.NCCN(CCNC1CC2(C1)CN(Cc1ccccc1)C2)c1ncc(SC2CC2)cn1. The van der Waals surface area contributed by atoms with Crippen LogP contribution < -0.4 is 16.0 Å². The third-order valence-corrected chi connectivity index (χ3v) is 7.95. The van der Waals surface area contributed by atoms with E-state index in [1.165, 1.54) is 49.2 Å². The molecule has 3 aliphatic rings. The second-order valence-electron chi connectivity index (χ2n) is 9.50. The van der Waals surface area contributed by atoms with E-state index in [1.807, 2.05) is 30.9 Å². The van der Waals surface area contributed by atoms with Crippen molar-refractivity contribution in [3.05, 3.63) is 48.3 Å². The van der Waals surface area contributed by atoms with Crippen molar-refractivity contribution < 1.29 is 4.79 Å². The third-order valence-electron chi connectivity index (χ3n) is 6.66. The van der Waals surface area contributed by atoms with Gasteiger partial charge >= 0.3 is 0 Å². The first-order valence-corrected chi connectivity index (χ1v) is 12.8. The summed E-state index contributed by atoms with van der Waals surface area (Å²) in [5.74, 6) is 0.799. The molecular formula is C25H36N6OS. The van der Waals surface area contributed by atoms with E-state index in [1.54, 1.807) is 0 Å². The number of rotatable bonds is 11. The maximum absolute atomic E-state index is 8.00. The second kappa shape index (κ2) is 11.4. The van der Waals surface area contributed by atoms with Crippen LogP contribution in [0, 0.1) is 5.41 Å².